The third-order valence-electron chi connectivity index (χ3n) is 6.30. The Kier molecular flexibility index (Phi) is 5.71. The number of benzene rings is 2. The molecule has 1 amide bonds. The molecule has 32 heavy (non-hydrogen) atoms. The summed E-state index contributed by atoms with van der Waals surface area (Å²) in [4.78, 5) is 17.5. The second-order valence-corrected chi connectivity index (χ2v) is 8.50. The number of fused-ring (bicyclic) bond motifs is 2. The minimum absolute atomic E-state index is 0.0292. The number of hydrogen-bond acceptors (Lipinski definition) is 6. The third kappa shape index (κ3) is 4.03. The van der Waals surface area contributed by atoms with Crippen molar-refractivity contribution in [1.29, 1.82) is 0 Å². The van der Waals surface area contributed by atoms with Crippen molar-refractivity contribution in [3.63, 3.8) is 0 Å². The van der Waals surface area contributed by atoms with Crippen molar-refractivity contribution < 1.29 is 19.4 Å². The molecule has 0 saturated carbocycles. The summed E-state index contributed by atoms with van der Waals surface area (Å²) >= 11 is 0. The van der Waals surface area contributed by atoms with Gasteiger partial charge in [-0.2, -0.15) is 5.10 Å². The smallest absolute Gasteiger partial charge is 0.258 e. The lowest BCUT2D eigenvalue weighted by Gasteiger charge is -2.17. The number of H-pyrrole nitrogens is 1. The zero-order valence-corrected chi connectivity index (χ0v) is 18.3. The second kappa shape index (κ2) is 8.80. The molecular formula is C24H28N4O4. The van der Waals surface area contributed by atoms with Crippen LogP contribution in [0.5, 0.6) is 11.5 Å². The number of nitrogens with zero attached hydrogens (tertiary/aromatic N) is 3. The number of hydrogen-bond donors (Lipinski definition) is 2. The van der Waals surface area contributed by atoms with Crippen LogP contribution in [0.4, 0.5) is 0 Å². The monoisotopic (exact) mass is 436 g/mol. The predicted octanol–water partition coefficient (Wildman–Crippen LogP) is 3.05. The Labute approximate surface area is 186 Å². The molecule has 3 heterocycles. The lowest BCUT2D eigenvalue weighted by atomic mass is 10.1. The summed E-state index contributed by atoms with van der Waals surface area (Å²) in [5.74, 6) is 0.554. The van der Waals surface area contributed by atoms with Crippen LogP contribution in [0.3, 0.4) is 0 Å². The normalized spacial score (nSPS) is 16.1. The number of aromatic hydroxyl groups is 1. The van der Waals surface area contributed by atoms with Gasteiger partial charge in [-0.1, -0.05) is 6.07 Å². The van der Waals surface area contributed by atoms with Gasteiger partial charge in [0.25, 0.3) is 5.91 Å². The van der Waals surface area contributed by atoms with E-state index in [0.717, 1.165) is 53.1 Å². The Hall–Kier alpha value is -3.10. The Balaban J connectivity index is 1.35. The van der Waals surface area contributed by atoms with Crippen molar-refractivity contribution in [2.75, 3.05) is 33.4 Å². The third-order valence-corrected chi connectivity index (χ3v) is 6.30. The maximum absolute atomic E-state index is 13.3. The van der Waals surface area contributed by atoms with Gasteiger partial charge in [-0.05, 0) is 55.3 Å². The van der Waals surface area contributed by atoms with Crippen LogP contribution in [0.2, 0.25) is 0 Å². The van der Waals surface area contributed by atoms with Gasteiger partial charge in [0.1, 0.15) is 18.1 Å². The molecular weight excluding hydrogens is 408 g/mol. The number of carbonyl (C=O) groups is 1. The standard InChI is InChI=1S/C24H28N4O4/c1-31-8-9-32-18-5-4-16-13-28(14-17(16)10-18)24(30)20-11-19-21(12-23(20)29)25-26-22(19)15-27-6-2-3-7-27/h4-5,10-12,29H,2-3,6-9,13-15H2,1H3,(H,25,26). The number of rotatable bonds is 7. The summed E-state index contributed by atoms with van der Waals surface area (Å²) in [6.07, 6.45) is 2.42. The fourth-order valence-corrected chi connectivity index (χ4v) is 4.57. The highest BCUT2D eigenvalue weighted by molar-refractivity contribution is 6.01. The lowest BCUT2D eigenvalue weighted by molar-refractivity contribution is 0.0748. The Bertz CT molecular complexity index is 1140. The zero-order chi connectivity index (χ0) is 22.1. The molecule has 0 aliphatic carbocycles. The van der Waals surface area contributed by atoms with Gasteiger partial charge in [-0.3, -0.25) is 14.8 Å². The first-order valence-corrected chi connectivity index (χ1v) is 11.1. The number of nitrogens with one attached hydrogen (secondary N) is 1. The van der Waals surface area contributed by atoms with Crippen molar-refractivity contribution in [2.24, 2.45) is 0 Å². The number of amides is 1. The molecule has 5 rings (SSSR count). The molecule has 8 nitrogen and oxygen atoms in total. The van der Waals surface area contributed by atoms with Gasteiger partial charge in [0, 0.05) is 38.2 Å². The quantitative estimate of drug-likeness (QED) is 0.553. The number of aromatic nitrogens is 2. The average Bonchev–Trinajstić information content (AvgIpc) is 3.53. The first kappa shape index (κ1) is 20.8. The molecule has 0 bridgehead atoms. The molecule has 2 aromatic carbocycles. The van der Waals surface area contributed by atoms with Gasteiger partial charge >= 0.3 is 0 Å². The molecule has 1 aromatic heterocycles. The van der Waals surface area contributed by atoms with Crippen LogP contribution in [0.15, 0.2) is 30.3 Å². The van der Waals surface area contributed by atoms with Crippen molar-refractivity contribution in [2.45, 2.75) is 32.5 Å². The number of carbonyl (C=O) groups excluding carboxylic acids is 1. The molecule has 1 fully saturated rings. The molecule has 0 spiro atoms. The van der Waals surface area contributed by atoms with Crippen molar-refractivity contribution in [3.8, 4) is 11.5 Å². The average molecular weight is 437 g/mol. The highest BCUT2D eigenvalue weighted by atomic mass is 16.5. The fourth-order valence-electron chi connectivity index (χ4n) is 4.57. The van der Waals surface area contributed by atoms with Crippen LogP contribution in [-0.4, -0.2) is 64.4 Å². The lowest BCUT2D eigenvalue weighted by Crippen LogP contribution is -2.25. The summed E-state index contributed by atoms with van der Waals surface area (Å²) in [7, 11) is 1.64. The van der Waals surface area contributed by atoms with E-state index < -0.39 is 0 Å². The highest BCUT2D eigenvalue weighted by Gasteiger charge is 2.27. The summed E-state index contributed by atoms with van der Waals surface area (Å²) in [5.41, 5.74) is 4.13. The van der Waals surface area contributed by atoms with Crippen LogP contribution in [0.1, 0.15) is 40.0 Å². The van der Waals surface area contributed by atoms with E-state index in [4.69, 9.17) is 9.47 Å². The number of phenolic OH excluding ortho intramolecular Hbond substituents is 1. The molecule has 168 valence electrons. The van der Waals surface area contributed by atoms with Crippen molar-refractivity contribution in [1.82, 2.24) is 20.0 Å². The highest BCUT2D eigenvalue weighted by Crippen LogP contribution is 2.32. The molecule has 0 atom stereocenters. The minimum atomic E-state index is -0.184. The Morgan fingerprint density at radius 2 is 1.94 bits per heavy atom. The number of aromatic amines is 1. The molecule has 2 aliphatic rings. The summed E-state index contributed by atoms with van der Waals surface area (Å²) < 4.78 is 10.7. The predicted molar refractivity (Wildman–Crippen MR) is 120 cm³/mol. The van der Waals surface area contributed by atoms with Gasteiger partial charge in [0.2, 0.25) is 0 Å². The first-order chi connectivity index (χ1) is 15.6. The zero-order valence-electron chi connectivity index (χ0n) is 18.3. The van der Waals surface area contributed by atoms with E-state index in [0.29, 0.717) is 31.9 Å². The summed E-state index contributed by atoms with van der Waals surface area (Å²) in [5, 5.41) is 18.9. The number of phenols is 1. The van der Waals surface area contributed by atoms with Gasteiger partial charge in [-0.15, -0.1) is 0 Å². The number of ether oxygens (including phenoxy) is 2. The number of methoxy groups -OCH3 is 1. The number of likely N-dealkylation sites (tertiary alicyclic amines) is 1. The van der Waals surface area contributed by atoms with Crippen LogP contribution < -0.4 is 4.74 Å². The SMILES string of the molecule is COCCOc1ccc2c(c1)CN(C(=O)c1cc3c(CN4CCCC4)n[nH]c3cc1O)C2. The maximum atomic E-state index is 13.3. The van der Waals surface area contributed by atoms with Crippen LogP contribution in [-0.2, 0) is 24.4 Å². The van der Waals surface area contributed by atoms with E-state index in [9.17, 15) is 9.90 Å². The Morgan fingerprint density at radius 3 is 2.75 bits per heavy atom. The molecule has 2 aliphatic heterocycles. The topological polar surface area (TPSA) is 90.9 Å². The van der Waals surface area contributed by atoms with Gasteiger partial charge in [0.05, 0.1) is 23.4 Å². The molecule has 8 heteroatoms. The van der Waals surface area contributed by atoms with Crippen molar-refractivity contribution >= 4 is 16.8 Å². The van der Waals surface area contributed by atoms with E-state index in [1.54, 1.807) is 24.1 Å². The summed E-state index contributed by atoms with van der Waals surface area (Å²) in [6.45, 7) is 4.89. The van der Waals surface area contributed by atoms with E-state index in [2.05, 4.69) is 15.1 Å². The molecule has 0 radical (unpaired) electrons. The van der Waals surface area contributed by atoms with E-state index in [1.165, 1.54) is 12.8 Å². The summed E-state index contributed by atoms with van der Waals surface area (Å²) in [6, 6.07) is 9.28. The van der Waals surface area contributed by atoms with E-state index >= 15 is 0 Å². The van der Waals surface area contributed by atoms with Gasteiger partial charge < -0.3 is 19.5 Å². The minimum Gasteiger partial charge on any atom is -0.507 e. The van der Waals surface area contributed by atoms with Crippen LogP contribution in [0, 0.1) is 0 Å². The van der Waals surface area contributed by atoms with Crippen LogP contribution in [0.25, 0.3) is 10.9 Å². The first-order valence-electron chi connectivity index (χ1n) is 11.1. The van der Waals surface area contributed by atoms with Crippen LogP contribution >= 0.6 is 0 Å². The second-order valence-electron chi connectivity index (χ2n) is 8.50. The molecule has 3 aromatic rings. The van der Waals surface area contributed by atoms with Crippen molar-refractivity contribution in [3.05, 3.63) is 52.7 Å². The van der Waals surface area contributed by atoms with Gasteiger partial charge in [-0.25, -0.2) is 0 Å². The Morgan fingerprint density at radius 1 is 1.12 bits per heavy atom. The van der Waals surface area contributed by atoms with E-state index in [-0.39, 0.29) is 11.7 Å². The van der Waals surface area contributed by atoms with Gasteiger partial charge in [0.15, 0.2) is 0 Å². The maximum Gasteiger partial charge on any atom is 0.258 e. The fraction of sp³-hybridized carbons (Fsp3) is 0.417. The molecule has 2 N–H and O–H groups in total. The molecule has 0 unspecified atom stereocenters. The van der Waals surface area contributed by atoms with E-state index in [1.807, 2.05) is 18.2 Å². The largest absolute Gasteiger partial charge is 0.507 e. The molecule has 1 saturated heterocycles.